The number of thiazole rings is 1. The minimum atomic E-state index is -0.465. The summed E-state index contributed by atoms with van der Waals surface area (Å²) in [5, 5.41) is 0.804. The number of carbonyl (C=O) groups excluding carboxylic acids is 2. The minimum Gasteiger partial charge on any atom is -0.465 e. The smallest absolute Gasteiger partial charge is 0.326 e. The Morgan fingerprint density at radius 1 is 1.00 bits per heavy atom. The molecule has 4 rings (SSSR count). The average molecular weight is 501 g/mol. The maximum atomic E-state index is 12.9. The summed E-state index contributed by atoms with van der Waals surface area (Å²) in [6.07, 6.45) is 0. The SMILES string of the molecule is CCOC(=O)Cn1c(=NC(=O)c2ccc(Oc3ccccc3)cc2)sc2cc(Cl)cc(Cl)c21. The highest BCUT2D eigenvalue weighted by Crippen LogP contribution is 2.30. The van der Waals surface area contributed by atoms with Gasteiger partial charge in [0.2, 0.25) is 0 Å². The molecule has 0 atom stereocenters. The van der Waals surface area contributed by atoms with Crippen LogP contribution in [0.4, 0.5) is 0 Å². The Labute approximate surface area is 203 Å². The fraction of sp³-hybridized carbons (Fsp3) is 0.125. The van der Waals surface area contributed by atoms with E-state index >= 15 is 0 Å². The summed E-state index contributed by atoms with van der Waals surface area (Å²) in [6.45, 7) is 1.83. The standard InChI is InChI=1S/C24H18Cl2N2O4S/c1-2-31-21(29)14-28-22-19(26)12-16(25)13-20(22)33-24(28)27-23(30)15-8-10-18(11-9-15)32-17-6-4-3-5-7-17/h3-13H,2,14H2,1H3. The molecule has 4 aromatic rings. The van der Waals surface area contributed by atoms with E-state index in [4.69, 9.17) is 32.7 Å². The van der Waals surface area contributed by atoms with Crippen LogP contribution < -0.4 is 9.54 Å². The van der Waals surface area contributed by atoms with E-state index in [1.54, 1.807) is 47.9 Å². The molecule has 9 heteroatoms. The Hall–Kier alpha value is -3.13. The van der Waals surface area contributed by atoms with E-state index in [0.717, 1.165) is 0 Å². The quantitative estimate of drug-likeness (QED) is 0.299. The third kappa shape index (κ3) is 5.45. The second-order valence-corrected chi connectivity index (χ2v) is 8.72. The van der Waals surface area contributed by atoms with Gasteiger partial charge in [-0.05, 0) is 55.5 Å². The molecule has 0 aliphatic carbocycles. The van der Waals surface area contributed by atoms with Crippen LogP contribution in [-0.4, -0.2) is 23.1 Å². The first-order chi connectivity index (χ1) is 15.9. The molecule has 0 aliphatic heterocycles. The van der Waals surface area contributed by atoms with Crippen molar-refractivity contribution < 1.29 is 19.1 Å². The number of esters is 1. The van der Waals surface area contributed by atoms with Crippen LogP contribution in [0, 0.1) is 0 Å². The molecule has 0 fully saturated rings. The second kappa shape index (κ2) is 10.2. The highest BCUT2D eigenvalue weighted by atomic mass is 35.5. The van der Waals surface area contributed by atoms with Gasteiger partial charge in [0, 0.05) is 10.6 Å². The van der Waals surface area contributed by atoms with Crippen molar-refractivity contribution in [2.75, 3.05) is 6.61 Å². The van der Waals surface area contributed by atoms with Gasteiger partial charge in [0.25, 0.3) is 5.91 Å². The minimum absolute atomic E-state index is 0.134. The van der Waals surface area contributed by atoms with E-state index in [9.17, 15) is 9.59 Å². The van der Waals surface area contributed by atoms with Gasteiger partial charge in [-0.15, -0.1) is 0 Å². The van der Waals surface area contributed by atoms with Crippen LogP contribution in [0.5, 0.6) is 11.5 Å². The summed E-state index contributed by atoms with van der Waals surface area (Å²) >= 11 is 13.7. The maximum absolute atomic E-state index is 12.9. The maximum Gasteiger partial charge on any atom is 0.326 e. The zero-order valence-electron chi connectivity index (χ0n) is 17.5. The number of carbonyl (C=O) groups is 2. The lowest BCUT2D eigenvalue weighted by atomic mass is 10.2. The lowest BCUT2D eigenvalue weighted by Crippen LogP contribution is -2.23. The lowest BCUT2D eigenvalue weighted by molar-refractivity contribution is -0.143. The van der Waals surface area contributed by atoms with Crippen molar-refractivity contribution in [1.82, 2.24) is 4.57 Å². The first-order valence-electron chi connectivity index (χ1n) is 10.0. The zero-order chi connectivity index (χ0) is 23.4. The highest BCUT2D eigenvalue weighted by molar-refractivity contribution is 7.16. The van der Waals surface area contributed by atoms with E-state index in [0.29, 0.717) is 42.1 Å². The largest absolute Gasteiger partial charge is 0.465 e. The van der Waals surface area contributed by atoms with Crippen molar-refractivity contribution in [3.8, 4) is 11.5 Å². The van der Waals surface area contributed by atoms with Gasteiger partial charge in [0.1, 0.15) is 18.0 Å². The van der Waals surface area contributed by atoms with Gasteiger partial charge in [-0.3, -0.25) is 9.59 Å². The number of amides is 1. The van der Waals surface area contributed by atoms with Gasteiger partial charge in [-0.25, -0.2) is 0 Å². The predicted octanol–water partition coefficient (Wildman–Crippen LogP) is 6.11. The number of aromatic nitrogens is 1. The number of para-hydroxylation sites is 1. The van der Waals surface area contributed by atoms with Gasteiger partial charge in [0.05, 0.1) is 21.8 Å². The number of benzene rings is 3. The number of rotatable bonds is 6. The molecular weight excluding hydrogens is 483 g/mol. The molecule has 168 valence electrons. The number of nitrogens with zero attached hydrogens (tertiary/aromatic N) is 2. The molecule has 0 bridgehead atoms. The molecule has 3 aromatic carbocycles. The van der Waals surface area contributed by atoms with Crippen molar-refractivity contribution in [2.24, 2.45) is 4.99 Å². The zero-order valence-corrected chi connectivity index (χ0v) is 19.8. The fourth-order valence-electron chi connectivity index (χ4n) is 3.14. The van der Waals surface area contributed by atoms with Gasteiger partial charge < -0.3 is 14.0 Å². The molecule has 6 nitrogen and oxygen atoms in total. The molecule has 1 amide bonds. The van der Waals surface area contributed by atoms with Crippen LogP contribution in [0.3, 0.4) is 0 Å². The van der Waals surface area contributed by atoms with Crippen LogP contribution in [0.25, 0.3) is 10.2 Å². The van der Waals surface area contributed by atoms with E-state index in [2.05, 4.69) is 4.99 Å². The van der Waals surface area contributed by atoms with E-state index < -0.39 is 11.9 Å². The van der Waals surface area contributed by atoms with Gasteiger partial charge in [-0.2, -0.15) is 4.99 Å². The monoisotopic (exact) mass is 500 g/mol. The van der Waals surface area contributed by atoms with Crippen molar-refractivity contribution >= 4 is 56.6 Å². The van der Waals surface area contributed by atoms with Crippen LogP contribution in [-0.2, 0) is 16.1 Å². The summed E-state index contributed by atoms with van der Waals surface area (Å²) in [5.41, 5.74) is 0.942. The lowest BCUT2D eigenvalue weighted by Gasteiger charge is -2.07. The topological polar surface area (TPSA) is 69.9 Å². The number of hydrogen-bond acceptors (Lipinski definition) is 5. The molecule has 0 aliphatic rings. The molecule has 0 unspecified atom stereocenters. The molecule has 0 N–H and O–H groups in total. The molecule has 33 heavy (non-hydrogen) atoms. The first kappa shape index (κ1) is 23.0. The summed E-state index contributed by atoms with van der Waals surface area (Å²) in [4.78, 5) is 29.6. The van der Waals surface area contributed by atoms with Crippen molar-refractivity contribution in [3.05, 3.63) is 87.1 Å². The normalized spacial score (nSPS) is 11.5. The Bertz CT molecular complexity index is 1380. The van der Waals surface area contributed by atoms with Crippen LogP contribution in [0.1, 0.15) is 17.3 Å². The third-order valence-electron chi connectivity index (χ3n) is 4.57. The van der Waals surface area contributed by atoms with Gasteiger partial charge in [0.15, 0.2) is 4.80 Å². The van der Waals surface area contributed by atoms with Gasteiger partial charge >= 0.3 is 5.97 Å². The molecule has 1 heterocycles. The number of hydrogen-bond donors (Lipinski definition) is 0. The second-order valence-electron chi connectivity index (χ2n) is 6.87. The number of fused-ring (bicyclic) bond motifs is 1. The third-order valence-corrected chi connectivity index (χ3v) is 6.10. The average Bonchev–Trinajstić information content (AvgIpc) is 3.11. The number of ether oxygens (including phenoxy) is 2. The van der Waals surface area contributed by atoms with Crippen molar-refractivity contribution in [3.63, 3.8) is 0 Å². The Balaban J connectivity index is 1.68. The highest BCUT2D eigenvalue weighted by Gasteiger charge is 2.16. The van der Waals surface area contributed by atoms with Crippen LogP contribution in [0.2, 0.25) is 10.0 Å². The predicted molar refractivity (Wildman–Crippen MR) is 129 cm³/mol. The van der Waals surface area contributed by atoms with E-state index in [1.807, 2.05) is 30.3 Å². The Kier molecular flexibility index (Phi) is 7.13. The molecule has 0 saturated heterocycles. The van der Waals surface area contributed by atoms with Crippen molar-refractivity contribution in [2.45, 2.75) is 13.5 Å². The van der Waals surface area contributed by atoms with Crippen molar-refractivity contribution in [1.29, 1.82) is 0 Å². The summed E-state index contributed by atoms with van der Waals surface area (Å²) in [5.74, 6) is 0.368. The number of halogens is 2. The molecule has 0 spiro atoms. The summed E-state index contributed by atoms with van der Waals surface area (Å²) in [7, 11) is 0. The molecular formula is C24H18Cl2N2O4S. The van der Waals surface area contributed by atoms with E-state index in [-0.39, 0.29) is 13.2 Å². The first-order valence-corrected chi connectivity index (χ1v) is 11.6. The molecule has 0 saturated carbocycles. The fourth-order valence-corrected chi connectivity index (χ4v) is 4.95. The van der Waals surface area contributed by atoms with Crippen LogP contribution in [0.15, 0.2) is 71.7 Å². The van der Waals surface area contributed by atoms with Gasteiger partial charge in [-0.1, -0.05) is 52.7 Å². The Morgan fingerprint density at radius 3 is 2.39 bits per heavy atom. The molecule has 0 radical (unpaired) electrons. The summed E-state index contributed by atoms with van der Waals surface area (Å²) < 4.78 is 13.1. The Morgan fingerprint density at radius 2 is 1.70 bits per heavy atom. The molecule has 1 aromatic heterocycles. The van der Waals surface area contributed by atoms with Crippen LogP contribution >= 0.6 is 34.5 Å². The van der Waals surface area contributed by atoms with E-state index in [1.165, 1.54) is 11.3 Å². The summed E-state index contributed by atoms with van der Waals surface area (Å²) in [6, 6.07) is 19.3.